The van der Waals surface area contributed by atoms with Crippen LogP contribution in [0.2, 0.25) is 5.02 Å². The van der Waals surface area contributed by atoms with Gasteiger partial charge in [0, 0.05) is 34.1 Å². The molecule has 0 fully saturated rings. The molecule has 0 saturated carbocycles. The van der Waals surface area contributed by atoms with Crippen LogP contribution >= 0.6 is 27.5 Å². The van der Waals surface area contributed by atoms with Gasteiger partial charge in [-0.1, -0.05) is 23.7 Å². The zero-order chi connectivity index (χ0) is 15.2. The van der Waals surface area contributed by atoms with E-state index in [1.165, 1.54) is 6.08 Å². The lowest BCUT2D eigenvalue weighted by molar-refractivity contribution is -0.131. The molecule has 1 aromatic heterocycles. The van der Waals surface area contributed by atoms with Gasteiger partial charge in [-0.05, 0) is 34.1 Å². The molecular weight excluding hydrogens is 358 g/mol. The van der Waals surface area contributed by atoms with Gasteiger partial charge in [-0.3, -0.25) is 4.98 Å². The fourth-order valence-electron chi connectivity index (χ4n) is 1.66. The molecule has 0 radical (unpaired) electrons. The summed E-state index contributed by atoms with van der Waals surface area (Å²) in [5.41, 5.74) is 1.48. The van der Waals surface area contributed by atoms with E-state index >= 15 is 0 Å². The zero-order valence-electron chi connectivity index (χ0n) is 10.8. The Bertz CT molecular complexity index is 688. The van der Waals surface area contributed by atoms with Crippen LogP contribution in [0.4, 0.5) is 0 Å². The van der Waals surface area contributed by atoms with Gasteiger partial charge in [0.2, 0.25) is 0 Å². The third-order valence-corrected chi connectivity index (χ3v) is 3.28. The van der Waals surface area contributed by atoms with Crippen molar-refractivity contribution in [2.45, 2.75) is 6.61 Å². The largest absolute Gasteiger partial charge is 0.487 e. The highest BCUT2D eigenvalue weighted by Crippen LogP contribution is 2.30. The lowest BCUT2D eigenvalue weighted by Gasteiger charge is -2.11. The van der Waals surface area contributed by atoms with Gasteiger partial charge in [0.1, 0.15) is 12.4 Å². The summed E-state index contributed by atoms with van der Waals surface area (Å²) >= 11 is 9.45. The third kappa shape index (κ3) is 4.58. The molecule has 1 aromatic carbocycles. The van der Waals surface area contributed by atoms with Crippen LogP contribution in [0.5, 0.6) is 5.75 Å². The van der Waals surface area contributed by atoms with Gasteiger partial charge in [-0.15, -0.1) is 0 Å². The molecule has 2 aromatic rings. The van der Waals surface area contributed by atoms with E-state index in [-0.39, 0.29) is 6.61 Å². The first-order valence-corrected chi connectivity index (χ1v) is 7.15. The van der Waals surface area contributed by atoms with Crippen molar-refractivity contribution in [3.63, 3.8) is 0 Å². The monoisotopic (exact) mass is 367 g/mol. The van der Waals surface area contributed by atoms with Gasteiger partial charge in [0.25, 0.3) is 0 Å². The average Bonchev–Trinajstić information content (AvgIpc) is 2.44. The van der Waals surface area contributed by atoms with Crippen molar-refractivity contribution in [3.8, 4) is 5.75 Å². The molecule has 0 saturated heterocycles. The number of aromatic nitrogens is 1. The first-order valence-electron chi connectivity index (χ1n) is 5.98. The Balaban J connectivity index is 2.20. The minimum Gasteiger partial charge on any atom is -0.487 e. The zero-order valence-corrected chi connectivity index (χ0v) is 13.1. The fourth-order valence-corrected chi connectivity index (χ4v) is 2.31. The van der Waals surface area contributed by atoms with E-state index in [0.717, 1.165) is 16.1 Å². The van der Waals surface area contributed by atoms with Crippen LogP contribution in [-0.4, -0.2) is 16.1 Å². The Morgan fingerprint density at radius 2 is 2.24 bits per heavy atom. The third-order valence-electron chi connectivity index (χ3n) is 2.55. The van der Waals surface area contributed by atoms with Crippen molar-refractivity contribution < 1.29 is 14.6 Å². The van der Waals surface area contributed by atoms with E-state index in [4.69, 9.17) is 21.4 Å². The number of hydrogen-bond acceptors (Lipinski definition) is 3. The number of ether oxygens (including phenoxy) is 1. The number of nitrogens with zero attached hydrogens (tertiary/aromatic N) is 1. The number of carboxylic acids is 1. The SMILES string of the molecule is O=C(O)/C=C/c1cccc(Cl)c1OCc1cncc(Br)c1. The maximum absolute atomic E-state index is 10.6. The highest BCUT2D eigenvalue weighted by Gasteiger charge is 2.07. The number of benzene rings is 1. The molecule has 1 heterocycles. The quantitative estimate of drug-likeness (QED) is 0.805. The van der Waals surface area contributed by atoms with Gasteiger partial charge in [-0.2, -0.15) is 0 Å². The van der Waals surface area contributed by atoms with Gasteiger partial charge < -0.3 is 9.84 Å². The Kier molecular flexibility index (Phi) is 5.36. The number of aliphatic carboxylic acids is 1. The van der Waals surface area contributed by atoms with Crippen LogP contribution in [-0.2, 0) is 11.4 Å². The lowest BCUT2D eigenvalue weighted by atomic mass is 10.2. The van der Waals surface area contributed by atoms with E-state index in [2.05, 4.69) is 20.9 Å². The number of carbonyl (C=O) groups is 1. The molecule has 0 aliphatic carbocycles. The molecule has 0 atom stereocenters. The summed E-state index contributed by atoms with van der Waals surface area (Å²) in [6.45, 7) is 0.282. The minimum atomic E-state index is -1.03. The average molecular weight is 369 g/mol. The van der Waals surface area contributed by atoms with E-state index in [1.807, 2.05) is 6.07 Å². The molecule has 21 heavy (non-hydrogen) atoms. The topological polar surface area (TPSA) is 59.4 Å². The van der Waals surface area contributed by atoms with Crippen LogP contribution in [0.15, 0.2) is 47.2 Å². The molecule has 108 valence electrons. The molecule has 0 unspecified atom stereocenters. The number of hydrogen-bond donors (Lipinski definition) is 1. The lowest BCUT2D eigenvalue weighted by Crippen LogP contribution is -1.98. The van der Waals surface area contributed by atoms with Crippen LogP contribution in [0.3, 0.4) is 0 Å². The first kappa shape index (κ1) is 15.5. The maximum atomic E-state index is 10.6. The van der Waals surface area contributed by atoms with Crippen LogP contribution in [0, 0.1) is 0 Å². The molecule has 0 bridgehead atoms. The fraction of sp³-hybridized carbons (Fsp3) is 0.0667. The predicted molar refractivity (Wildman–Crippen MR) is 84.4 cm³/mol. The second-order valence-electron chi connectivity index (χ2n) is 4.13. The summed E-state index contributed by atoms with van der Waals surface area (Å²) in [5.74, 6) is -0.589. The van der Waals surface area contributed by atoms with Crippen molar-refractivity contribution in [2.75, 3.05) is 0 Å². The predicted octanol–water partition coefficient (Wildman–Crippen LogP) is 4.17. The highest BCUT2D eigenvalue weighted by molar-refractivity contribution is 9.10. The van der Waals surface area contributed by atoms with Crippen LogP contribution in [0.1, 0.15) is 11.1 Å². The molecule has 0 spiro atoms. The number of rotatable bonds is 5. The second kappa shape index (κ2) is 7.24. The van der Waals surface area contributed by atoms with E-state index in [9.17, 15) is 4.79 Å². The van der Waals surface area contributed by atoms with Crippen LogP contribution < -0.4 is 4.74 Å². The smallest absolute Gasteiger partial charge is 0.328 e. The molecule has 0 amide bonds. The van der Waals surface area contributed by atoms with Crippen LogP contribution in [0.25, 0.3) is 6.08 Å². The maximum Gasteiger partial charge on any atom is 0.328 e. The molecule has 6 heteroatoms. The Morgan fingerprint density at radius 3 is 2.95 bits per heavy atom. The van der Waals surface area contributed by atoms with Crippen molar-refractivity contribution in [3.05, 3.63) is 63.4 Å². The Labute approximate surface area is 135 Å². The summed E-state index contributed by atoms with van der Waals surface area (Å²) < 4.78 is 6.56. The summed E-state index contributed by atoms with van der Waals surface area (Å²) in [6.07, 6.45) is 5.86. The molecule has 4 nitrogen and oxygen atoms in total. The molecule has 0 aliphatic heterocycles. The molecule has 2 rings (SSSR count). The first-order chi connectivity index (χ1) is 10.1. The van der Waals surface area contributed by atoms with E-state index in [0.29, 0.717) is 16.3 Å². The molecule has 0 aliphatic rings. The van der Waals surface area contributed by atoms with Crippen molar-refractivity contribution in [1.29, 1.82) is 0 Å². The number of carboxylic acid groups (broad SMARTS) is 1. The van der Waals surface area contributed by atoms with Gasteiger partial charge >= 0.3 is 5.97 Å². The minimum absolute atomic E-state index is 0.282. The summed E-state index contributed by atoms with van der Waals surface area (Å²) in [5, 5.41) is 9.12. The second-order valence-corrected chi connectivity index (χ2v) is 5.45. The summed E-state index contributed by atoms with van der Waals surface area (Å²) in [4.78, 5) is 14.7. The summed E-state index contributed by atoms with van der Waals surface area (Å²) in [7, 11) is 0. The Hall–Kier alpha value is -1.85. The van der Waals surface area contributed by atoms with E-state index in [1.54, 1.807) is 30.6 Å². The number of para-hydroxylation sites is 1. The number of pyridine rings is 1. The standard InChI is InChI=1S/C15H11BrClNO3/c16-12-6-10(7-18-8-12)9-21-15-11(4-5-14(19)20)2-1-3-13(15)17/h1-8H,9H2,(H,19,20)/b5-4+. The molecular formula is C15H11BrClNO3. The van der Waals surface area contributed by atoms with Crippen molar-refractivity contribution in [1.82, 2.24) is 4.98 Å². The van der Waals surface area contributed by atoms with Gasteiger partial charge in [0.05, 0.1) is 5.02 Å². The van der Waals surface area contributed by atoms with E-state index < -0.39 is 5.97 Å². The summed E-state index contributed by atoms with van der Waals surface area (Å²) in [6, 6.07) is 7.04. The highest BCUT2D eigenvalue weighted by atomic mass is 79.9. The van der Waals surface area contributed by atoms with Crippen molar-refractivity contribution >= 4 is 39.6 Å². The Morgan fingerprint density at radius 1 is 1.43 bits per heavy atom. The van der Waals surface area contributed by atoms with Gasteiger partial charge in [0.15, 0.2) is 0 Å². The van der Waals surface area contributed by atoms with Gasteiger partial charge in [-0.25, -0.2) is 4.79 Å². The van der Waals surface area contributed by atoms with Crippen molar-refractivity contribution in [2.24, 2.45) is 0 Å². The normalized spacial score (nSPS) is 10.8. The number of halogens is 2. The molecule has 1 N–H and O–H groups in total.